The first-order valence-corrected chi connectivity index (χ1v) is 5.49. The summed E-state index contributed by atoms with van der Waals surface area (Å²) in [6, 6.07) is 6.65. The van der Waals surface area contributed by atoms with Crippen LogP contribution in [-0.4, -0.2) is 25.5 Å². The number of carbonyl (C=O) groups excluding carboxylic acids is 1. The summed E-state index contributed by atoms with van der Waals surface area (Å²) < 4.78 is 13.2. The van der Waals surface area contributed by atoms with Gasteiger partial charge in [-0.15, -0.1) is 12.4 Å². The van der Waals surface area contributed by atoms with Crippen LogP contribution in [0, 0.1) is 11.7 Å². The highest BCUT2D eigenvalue weighted by molar-refractivity contribution is 5.85. The Kier molecular flexibility index (Phi) is 5.38. The molecule has 17 heavy (non-hydrogen) atoms. The Bertz CT molecular complexity index is 383. The van der Waals surface area contributed by atoms with Crippen LogP contribution in [0.4, 0.5) is 4.39 Å². The van der Waals surface area contributed by atoms with Gasteiger partial charge in [-0.2, -0.15) is 0 Å². The third-order valence-corrected chi connectivity index (χ3v) is 2.80. The SMILES string of the molecule is Cl.O=C(NCCc1ccccc1F)C1CNC1. The van der Waals surface area contributed by atoms with Gasteiger partial charge in [-0.05, 0) is 18.1 Å². The summed E-state index contributed by atoms with van der Waals surface area (Å²) in [5.74, 6) is -0.0437. The minimum absolute atomic E-state index is 0. The van der Waals surface area contributed by atoms with Gasteiger partial charge < -0.3 is 10.6 Å². The molecule has 1 aliphatic rings. The van der Waals surface area contributed by atoms with Crippen molar-refractivity contribution >= 4 is 18.3 Å². The van der Waals surface area contributed by atoms with Crippen molar-refractivity contribution in [1.82, 2.24) is 10.6 Å². The lowest BCUT2D eigenvalue weighted by atomic mass is 10.0. The van der Waals surface area contributed by atoms with Gasteiger partial charge in [-0.3, -0.25) is 4.79 Å². The molecule has 0 bridgehead atoms. The summed E-state index contributed by atoms with van der Waals surface area (Å²) >= 11 is 0. The average Bonchev–Trinajstić information content (AvgIpc) is 2.18. The van der Waals surface area contributed by atoms with Crippen molar-refractivity contribution in [2.45, 2.75) is 6.42 Å². The Balaban J connectivity index is 0.00000144. The van der Waals surface area contributed by atoms with Gasteiger partial charge in [0.1, 0.15) is 5.82 Å². The minimum Gasteiger partial charge on any atom is -0.355 e. The second-order valence-electron chi connectivity index (χ2n) is 3.99. The van der Waals surface area contributed by atoms with E-state index in [-0.39, 0.29) is 30.0 Å². The molecule has 0 radical (unpaired) electrons. The van der Waals surface area contributed by atoms with Gasteiger partial charge in [-0.25, -0.2) is 4.39 Å². The number of amides is 1. The summed E-state index contributed by atoms with van der Waals surface area (Å²) in [5.41, 5.74) is 0.648. The van der Waals surface area contributed by atoms with Gasteiger partial charge in [0.05, 0.1) is 5.92 Å². The van der Waals surface area contributed by atoms with E-state index < -0.39 is 0 Å². The van der Waals surface area contributed by atoms with E-state index >= 15 is 0 Å². The van der Waals surface area contributed by atoms with Crippen molar-refractivity contribution in [3.63, 3.8) is 0 Å². The quantitative estimate of drug-likeness (QED) is 0.850. The van der Waals surface area contributed by atoms with Crippen LogP contribution < -0.4 is 10.6 Å². The summed E-state index contributed by atoms with van der Waals surface area (Å²) in [6.07, 6.45) is 0.540. The number of benzene rings is 1. The molecule has 1 aromatic rings. The van der Waals surface area contributed by atoms with Crippen LogP contribution in [0.1, 0.15) is 5.56 Å². The molecule has 1 heterocycles. The van der Waals surface area contributed by atoms with E-state index in [2.05, 4.69) is 10.6 Å². The van der Waals surface area contributed by atoms with E-state index in [9.17, 15) is 9.18 Å². The minimum atomic E-state index is -0.206. The van der Waals surface area contributed by atoms with Gasteiger partial charge >= 0.3 is 0 Å². The fourth-order valence-electron chi connectivity index (χ4n) is 1.64. The average molecular weight is 259 g/mol. The Morgan fingerprint density at radius 3 is 2.71 bits per heavy atom. The highest BCUT2D eigenvalue weighted by atomic mass is 35.5. The number of carbonyl (C=O) groups is 1. The molecule has 3 nitrogen and oxygen atoms in total. The van der Waals surface area contributed by atoms with Crippen molar-refractivity contribution in [3.05, 3.63) is 35.6 Å². The maximum Gasteiger partial charge on any atom is 0.225 e. The third kappa shape index (κ3) is 3.68. The van der Waals surface area contributed by atoms with E-state index in [1.807, 2.05) is 0 Å². The first kappa shape index (κ1) is 13.9. The molecule has 0 aromatic heterocycles. The topological polar surface area (TPSA) is 41.1 Å². The molecule has 94 valence electrons. The predicted octanol–water partition coefficient (Wildman–Crippen LogP) is 1.13. The van der Waals surface area contributed by atoms with Crippen LogP contribution in [0.3, 0.4) is 0 Å². The Hall–Kier alpha value is -1.13. The molecule has 0 unspecified atom stereocenters. The first-order valence-electron chi connectivity index (χ1n) is 5.49. The zero-order valence-electron chi connectivity index (χ0n) is 9.41. The Morgan fingerprint density at radius 1 is 1.41 bits per heavy atom. The Labute approximate surface area is 106 Å². The van der Waals surface area contributed by atoms with Crippen LogP contribution in [0.2, 0.25) is 0 Å². The van der Waals surface area contributed by atoms with Crippen LogP contribution in [-0.2, 0) is 11.2 Å². The zero-order valence-corrected chi connectivity index (χ0v) is 10.2. The van der Waals surface area contributed by atoms with Crippen molar-refractivity contribution in [3.8, 4) is 0 Å². The van der Waals surface area contributed by atoms with Crippen LogP contribution >= 0.6 is 12.4 Å². The van der Waals surface area contributed by atoms with Gasteiger partial charge in [0, 0.05) is 19.6 Å². The molecule has 0 aliphatic carbocycles. The number of halogens is 2. The molecule has 0 spiro atoms. The Morgan fingerprint density at radius 2 is 2.12 bits per heavy atom. The maximum atomic E-state index is 13.2. The van der Waals surface area contributed by atoms with Crippen molar-refractivity contribution < 1.29 is 9.18 Å². The van der Waals surface area contributed by atoms with E-state index in [0.29, 0.717) is 18.5 Å². The lowest BCUT2D eigenvalue weighted by Crippen LogP contribution is -2.51. The molecular formula is C12H16ClFN2O. The first-order chi connectivity index (χ1) is 7.77. The third-order valence-electron chi connectivity index (χ3n) is 2.80. The second-order valence-corrected chi connectivity index (χ2v) is 3.99. The van der Waals surface area contributed by atoms with Crippen LogP contribution in [0.15, 0.2) is 24.3 Å². The lowest BCUT2D eigenvalue weighted by Gasteiger charge is -2.25. The van der Waals surface area contributed by atoms with Gasteiger partial charge in [-0.1, -0.05) is 18.2 Å². The molecule has 1 saturated heterocycles. The van der Waals surface area contributed by atoms with Gasteiger partial charge in [0.2, 0.25) is 5.91 Å². The van der Waals surface area contributed by atoms with E-state index in [0.717, 1.165) is 13.1 Å². The number of hydrogen-bond donors (Lipinski definition) is 2. The van der Waals surface area contributed by atoms with Gasteiger partial charge in [0.15, 0.2) is 0 Å². The van der Waals surface area contributed by atoms with Crippen molar-refractivity contribution in [2.75, 3.05) is 19.6 Å². The summed E-state index contributed by atoms with van der Waals surface area (Å²) in [7, 11) is 0. The smallest absolute Gasteiger partial charge is 0.225 e. The fourth-order valence-corrected chi connectivity index (χ4v) is 1.64. The van der Waals surface area contributed by atoms with Gasteiger partial charge in [0.25, 0.3) is 0 Å². The molecule has 1 aromatic carbocycles. The van der Waals surface area contributed by atoms with E-state index in [1.54, 1.807) is 18.2 Å². The molecule has 5 heteroatoms. The van der Waals surface area contributed by atoms with Crippen LogP contribution in [0.5, 0.6) is 0 Å². The predicted molar refractivity (Wildman–Crippen MR) is 66.7 cm³/mol. The van der Waals surface area contributed by atoms with Crippen molar-refractivity contribution in [2.24, 2.45) is 5.92 Å². The molecular weight excluding hydrogens is 243 g/mol. The number of rotatable bonds is 4. The molecule has 0 saturated carbocycles. The maximum absolute atomic E-state index is 13.2. The second kappa shape index (κ2) is 6.57. The number of hydrogen-bond acceptors (Lipinski definition) is 2. The summed E-state index contributed by atoms with van der Waals surface area (Å²) in [5, 5.41) is 5.85. The molecule has 1 amide bonds. The standard InChI is InChI=1S/C12H15FN2O.ClH/c13-11-4-2-1-3-9(11)5-6-15-12(16)10-7-14-8-10;/h1-4,10,14H,5-8H2,(H,15,16);1H. The zero-order chi connectivity index (χ0) is 11.4. The highest BCUT2D eigenvalue weighted by Gasteiger charge is 2.24. The summed E-state index contributed by atoms with van der Waals surface area (Å²) in [4.78, 5) is 11.5. The molecule has 2 N–H and O–H groups in total. The molecule has 2 rings (SSSR count). The summed E-state index contributed by atoms with van der Waals surface area (Å²) in [6.45, 7) is 2.01. The molecule has 0 atom stereocenters. The largest absolute Gasteiger partial charge is 0.355 e. The fraction of sp³-hybridized carbons (Fsp3) is 0.417. The molecule has 1 aliphatic heterocycles. The van der Waals surface area contributed by atoms with Crippen molar-refractivity contribution in [1.29, 1.82) is 0 Å². The lowest BCUT2D eigenvalue weighted by molar-refractivity contribution is -0.126. The molecule has 1 fully saturated rings. The van der Waals surface area contributed by atoms with E-state index in [4.69, 9.17) is 0 Å². The monoisotopic (exact) mass is 258 g/mol. The van der Waals surface area contributed by atoms with E-state index in [1.165, 1.54) is 6.07 Å². The van der Waals surface area contributed by atoms with Crippen LogP contribution in [0.25, 0.3) is 0 Å². The number of nitrogens with one attached hydrogen (secondary N) is 2. The highest BCUT2D eigenvalue weighted by Crippen LogP contribution is 2.07. The normalized spacial score (nSPS) is 14.6.